The molecule has 0 rings (SSSR count). The first-order valence-electron chi connectivity index (χ1n) is 5.49. The van der Waals surface area contributed by atoms with E-state index in [0.29, 0.717) is 0 Å². The van der Waals surface area contributed by atoms with Crippen LogP contribution in [0, 0.1) is 0 Å². The van der Waals surface area contributed by atoms with Crippen LogP contribution in [-0.4, -0.2) is 0 Å². The van der Waals surface area contributed by atoms with Gasteiger partial charge in [0, 0.05) is 0 Å². The van der Waals surface area contributed by atoms with Crippen molar-refractivity contribution in [3.05, 3.63) is 49.1 Å². The minimum atomic E-state index is 1.01. The Hall–Kier alpha value is -1.04. The van der Waals surface area contributed by atoms with Gasteiger partial charge >= 0.3 is 0 Å². The summed E-state index contributed by atoms with van der Waals surface area (Å²) in [6.45, 7) is 5.84. The molecule has 0 saturated heterocycles. The van der Waals surface area contributed by atoms with Crippen LogP contribution in [-0.2, 0) is 0 Å². The number of hydrogen-bond acceptors (Lipinski definition) is 0. The Morgan fingerprint density at radius 1 is 0.929 bits per heavy atom. The molecule has 0 aliphatic rings. The van der Waals surface area contributed by atoms with Crippen LogP contribution in [0.1, 0.15) is 39.0 Å². The fraction of sp³-hybridized carbons (Fsp3) is 0.429. The molecule has 14 heavy (non-hydrogen) atoms. The van der Waals surface area contributed by atoms with Crippen molar-refractivity contribution < 1.29 is 0 Å². The van der Waals surface area contributed by atoms with E-state index in [1.165, 1.54) is 19.3 Å². The molecule has 0 aromatic carbocycles. The fourth-order valence-electron chi connectivity index (χ4n) is 1.06. The molecular formula is C14H22. The van der Waals surface area contributed by atoms with Crippen LogP contribution in [0.3, 0.4) is 0 Å². The second kappa shape index (κ2) is 12.0. The topological polar surface area (TPSA) is 0 Å². The van der Waals surface area contributed by atoms with Gasteiger partial charge in [-0.2, -0.15) is 0 Å². The predicted molar refractivity (Wildman–Crippen MR) is 66.4 cm³/mol. The van der Waals surface area contributed by atoms with Gasteiger partial charge in [0.2, 0.25) is 0 Å². The summed E-state index contributed by atoms with van der Waals surface area (Å²) in [7, 11) is 0. The normalized spacial score (nSPS) is 12.1. The van der Waals surface area contributed by atoms with Gasteiger partial charge in [0.15, 0.2) is 0 Å². The molecule has 78 valence electrons. The summed E-state index contributed by atoms with van der Waals surface area (Å²) in [5.41, 5.74) is 0. The quantitative estimate of drug-likeness (QED) is 0.293. The van der Waals surface area contributed by atoms with Crippen LogP contribution in [0.4, 0.5) is 0 Å². The molecule has 0 amide bonds. The number of allylic oxidation sites excluding steroid dienone is 7. The molecular weight excluding hydrogens is 168 g/mol. The molecule has 0 fully saturated rings. The van der Waals surface area contributed by atoms with Gasteiger partial charge in [-0.05, 0) is 19.3 Å². The molecule has 0 aliphatic carbocycles. The first kappa shape index (κ1) is 13.0. The fourth-order valence-corrected chi connectivity index (χ4v) is 1.06. The first-order chi connectivity index (χ1) is 6.91. The lowest BCUT2D eigenvalue weighted by Gasteiger charge is -1.87. The summed E-state index contributed by atoms with van der Waals surface area (Å²) in [6, 6.07) is 0. The molecule has 0 bridgehead atoms. The van der Waals surface area contributed by atoms with Gasteiger partial charge in [-0.3, -0.25) is 0 Å². The highest BCUT2D eigenvalue weighted by molar-refractivity contribution is 5.02. The highest BCUT2D eigenvalue weighted by Crippen LogP contribution is 1.97. The molecule has 0 radical (unpaired) electrons. The van der Waals surface area contributed by atoms with E-state index in [1.54, 1.807) is 6.08 Å². The van der Waals surface area contributed by atoms with Crippen LogP contribution in [0.2, 0.25) is 0 Å². The minimum Gasteiger partial charge on any atom is -0.0991 e. The van der Waals surface area contributed by atoms with Crippen LogP contribution in [0.5, 0.6) is 0 Å². The first-order valence-corrected chi connectivity index (χ1v) is 5.49. The third kappa shape index (κ3) is 11.0. The highest BCUT2D eigenvalue weighted by atomic mass is 13.8. The molecule has 0 heteroatoms. The van der Waals surface area contributed by atoms with E-state index in [2.05, 4.69) is 43.9 Å². The van der Waals surface area contributed by atoms with Crippen molar-refractivity contribution >= 4 is 0 Å². The smallest absolute Gasteiger partial charge is 0.0166 e. The van der Waals surface area contributed by atoms with E-state index in [9.17, 15) is 0 Å². The zero-order valence-corrected chi connectivity index (χ0v) is 9.28. The van der Waals surface area contributed by atoms with Crippen LogP contribution in [0.15, 0.2) is 49.1 Å². The zero-order chi connectivity index (χ0) is 10.5. The van der Waals surface area contributed by atoms with Gasteiger partial charge in [-0.1, -0.05) is 68.9 Å². The second-order valence-electron chi connectivity index (χ2n) is 3.22. The van der Waals surface area contributed by atoms with Crippen molar-refractivity contribution in [3.63, 3.8) is 0 Å². The third-order valence-corrected chi connectivity index (χ3v) is 1.87. The van der Waals surface area contributed by atoms with Gasteiger partial charge in [0.1, 0.15) is 0 Å². The number of hydrogen-bond donors (Lipinski definition) is 0. The third-order valence-electron chi connectivity index (χ3n) is 1.87. The van der Waals surface area contributed by atoms with E-state index in [4.69, 9.17) is 0 Å². The zero-order valence-electron chi connectivity index (χ0n) is 9.28. The van der Waals surface area contributed by atoms with Crippen molar-refractivity contribution in [3.8, 4) is 0 Å². The van der Waals surface area contributed by atoms with E-state index in [-0.39, 0.29) is 0 Å². The lowest BCUT2D eigenvalue weighted by Crippen LogP contribution is -1.66. The summed E-state index contributed by atoms with van der Waals surface area (Å²) >= 11 is 0. The molecule has 0 aromatic rings. The number of unbranched alkanes of at least 4 members (excludes halogenated alkanes) is 2. The maximum absolute atomic E-state index is 3.61. The molecule has 0 N–H and O–H groups in total. The minimum absolute atomic E-state index is 1.01. The molecule has 0 spiro atoms. The van der Waals surface area contributed by atoms with Gasteiger partial charge in [0.05, 0.1) is 0 Å². The summed E-state index contributed by atoms with van der Waals surface area (Å²) in [5, 5.41) is 0. The summed E-state index contributed by atoms with van der Waals surface area (Å²) in [4.78, 5) is 0. The Bertz CT molecular complexity index is 194. The van der Waals surface area contributed by atoms with Crippen LogP contribution in [0.25, 0.3) is 0 Å². The van der Waals surface area contributed by atoms with E-state index in [1.807, 2.05) is 6.08 Å². The van der Waals surface area contributed by atoms with Crippen molar-refractivity contribution in [1.82, 2.24) is 0 Å². The Morgan fingerprint density at radius 3 is 2.21 bits per heavy atom. The van der Waals surface area contributed by atoms with Crippen molar-refractivity contribution in [2.45, 2.75) is 39.0 Å². The molecule has 0 atom stereocenters. The average molecular weight is 190 g/mol. The largest absolute Gasteiger partial charge is 0.0991 e. The lowest BCUT2D eigenvalue weighted by atomic mass is 10.2. The van der Waals surface area contributed by atoms with Crippen molar-refractivity contribution in [2.75, 3.05) is 0 Å². The van der Waals surface area contributed by atoms with Crippen LogP contribution >= 0.6 is 0 Å². The summed E-state index contributed by atoms with van der Waals surface area (Å²) < 4.78 is 0. The molecule has 0 aliphatic heterocycles. The molecule has 0 aromatic heterocycles. The Kier molecular flexibility index (Phi) is 11.1. The van der Waals surface area contributed by atoms with Crippen molar-refractivity contribution in [1.29, 1.82) is 0 Å². The maximum Gasteiger partial charge on any atom is -0.0166 e. The van der Waals surface area contributed by atoms with E-state index in [0.717, 1.165) is 12.8 Å². The lowest BCUT2D eigenvalue weighted by molar-refractivity contribution is 0.813. The second-order valence-corrected chi connectivity index (χ2v) is 3.22. The molecule has 0 unspecified atom stereocenters. The monoisotopic (exact) mass is 190 g/mol. The Morgan fingerprint density at radius 2 is 1.57 bits per heavy atom. The Balaban J connectivity index is 3.29. The van der Waals surface area contributed by atoms with Gasteiger partial charge < -0.3 is 0 Å². The molecule has 0 saturated carbocycles. The van der Waals surface area contributed by atoms with Gasteiger partial charge in [0.25, 0.3) is 0 Å². The molecule has 0 nitrogen and oxygen atoms in total. The van der Waals surface area contributed by atoms with Gasteiger partial charge in [-0.15, -0.1) is 0 Å². The maximum atomic E-state index is 3.61. The standard InChI is InChI=1S/C14H22/c1-3-5-7-9-11-13-14-12-10-8-6-4-2/h3,5,7,10-13H,1,4,6,8-9,14H2,2H3/b7-5-,12-10-,13-11-. The Labute approximate surface area is 88.7 Å². The summed E-state index contributed by atoms with van der Waals surface area (Å²) in [6.07, 6.45) is 20.7. The predicted octanol–water partition coefficient (Wildman–Crippen LogP) is 4.81. The average Bonchev–Trinajstić information content (AvgIpc) is 2.21. The van der Waals surface area contributed by atoms with Crippen molar-refractivity contribution in [2.24, 2.45) is 0 Å². The number of rotatable bonds is 8. The van der Waals surface area contributed by atoms with Gasteiger partial charge in [-0.25, -0.2) is 0 Å². The molecule has 0 heterocycles. The summed E-state index contributed by atoms with van der Waals surface area (Å²) in [5.74, 6) is 0. The SMILES string of the molecule is C=C/C=C\C/C=C\C/C=C\CCCC. The van der Waals surface area contributed by atoms with E-state index < -0.39 is 0 Å². The highest BCUT2D eigenvalue weighted by Gasteiger charge is 1.76. The van der Waals surface area contributed by atoms with Crippen LogP contribution < -0.4 is 0 Å². The van der Waals surface area contributed by atoms with E-state index >= 15 is 0 Å².